The smallest absolute Gasteiger partial charge is 0.305 e. The fourth-order valence-corrected chi connectivity index (χ4v) is 5.10. The zero-order valence-corrected chi connectivity index (χ0v) is 23.7. The van der Waals surface area contributed by atoms with Gasteiger partial charge in [-0.05, 0) is 38.0 Å². The summed E-state index contributed by atoms with van der Waals surface area (Å²) in [5.41, 5.74) is 0.210. The summed E-state index contributed by atoms with van der Waals surface area (Å²) in [7, 11) is 0. The lowest BCUT2D eigenvalue weighted by atomic mass is 9.76. The van der Waals surface area contributed by atoms with Crippen molar-refractivity contribution in [3.05, 3.63) is 0 Å². The van der Waals surface area contributed by atoms with Crippen molar-refractivity contribution >= 4 is 11.9 Å². The molecule has 0 unspecified atom stereocenters. The number of ether oxygens (including phenoxy) is 2. The molecule has 0 aliphatic heterocycles. The summed E-state index contributed by atoms with van der Waals surface area (Å²) in [5.74, 6) is 0.770. The monoisotopic (exact) mass is 494 g/mol. The maximum absolute atomic E-state index is 12.0. The summed E-state index contributed by atoms with van der Waals surface area (Å²) < 4.78 is 10.9. The molecule has 206 valence electrons. The third-order valence-corrected chi connectivity index (χ3v) is 7.59. The Labute approximate surface area is 217 Å². The zero-order valence-electron chi connectivity index (χ0n) is 23.7. The van der Waals surface area contributed by atoms with Crippen LogP contribution in [0.4, 0.5) is 0 Å². The van der Waals surface area contributed by atoms with Crippen LogP contribution in [0.3, 0.4) is 0 Å². The molecule has 0 amide bonds. The van der Waals surface area contributed by atoms with E-state index in [1.54, 1.807) is 0 Å². The first-order valence-electron chi connectivity index (χ1n) is 15.2. The number of rotatable bonds is 22. The van der Waals surface area contributed by atoms with Crippen LogP contribution in [-0.2, 0) is 19.1 Å². The number of hydrogen-bond donors (Lipinski definition) is 0. The van der Waals surface area contributed by atoms with E-state index in [0.29, 0.717) is 26.1 Å². The zero-order chi connectivity index (χ0) is 25.6. The molecule has 1 saturated carbocycles. The Balaban J connectivity index is 1.79. The molecule has 0 saturated heterocycles. The number of hydrogen-bond acceptors (Lipinski definition) is 4. The second-order valence-electron chi connectivity index (χ2n) is 11.9. The molecule has 0 bridgehead atoms. The highest BCUT2D eigenvalue weighted by atomic mass is 16.5. The Morgan fingerprint density at radius 2 is 1.09 bits per heavy atom. The standard InChI is InChI=1S/C31H58O4/c1-28(2)21-15-10-6-4-5-9-13-20-26-34-29(32)22-16-11-7-8-12-17-23-30(33)35-27-31(3)24-18-14-19-25-31/h28H,4-27H2,1-3H3. The second-order valence-corrected chi connectivity index (χ2v) is 11.9. The Morgan fingerprint density at radius 1 is 0.629 bits per heavy atom. The molecule has 0 radical (unpaired) electrons. The third kappa shape index (κ3) is 19.8. The lowest BCUT2D eigenvalue weighted by Crippen LogP contribution is -2.27. The molecule has 0 aromatic heterocycles. The van der Waals surface area contributed by atoms with Crippen LogP contribution in [0.25, 0.3) is 0 Å². The fourth-order valence-electron chi connectivity index (χ4n) is 5.10. The van der Waals surface area contributed by atoms with Crippen molar-refractivity contribution < 1.29 is 19.1 Å². The van der Waals surface area contributed by atoms with Crippen molar-refractivity contribution in [3.8, 4) is 0 Å². The molecule has 0 spiro atoms. The van der Waals surface area contributed by atoms with Gasteiger partial charge in [0.1, 0.15) is 0 Å². The molecular formula is C31H58O4. The van der Waals surface area contributed by atoms with E-state index in [4.69, 9.17) is 9.47 Å². The molecule has 1 rings (SSSR count). The number of carbonyl (C=O) groups excluding carboxylic acids is 2. The van der Waals surface area contributed by atoms with E-state index in [1.165, 1.54) is 83.5 Å². The molecule has 0 aromatic carbocycles. The summed E-state index contributed by atoms with van der Waals surface area (Å²) in [4.78, 5) is 23.9. The molecule has 0 aromatic rings. The Morgan fingerprint density at radius 3 is 1.63 bits per heavy atom. The van der Waals surface area contributed by atoms with Gasteiger partial charge in [0.25, 0.3) is 0 Å². The highest BCUT2D eigenvalue weighted by Gasteiger charge is 2.28. The van der Waals surface area contributed by atoms with Gasteiger partial charge in [-0.15, -0.1) is 0 Å². The number of unbranched alkanes of at least 4 members (excludes halogenated alkanes) is 12. The Hall–Kier alpha value is -1.06. The largest absolute Gasteiger partial charge is 0.466 e. The average Bonchev–Trinajstić information content (AvgIpc) is 2.83. The van der Waals surface area contributed by atoms with Crippen molar-refractivity contribution in [1.82, 2.24) is 0 Å². The summed E-state index contributed by atoms with van der Waals surface area (Å²) in [6.07, 6.45) is 25.1. The molecule has 0 heterocycles. The predicted molar refractivity (Wildman–Crippen MR) is 146 cm³/mol. The highest BCUT2D eigenvalue weighted by molar-refractivity contribution is 5.69. The van der Waals surface area contributed by atoms with Gasteiger partial charge in [-0.3, -0.25) is 9.59 Å². The van der Waals surface area contributed by atoms with Crippen molar-refractivity contribution in [1.29, 1.82) is 0 Å². The maximum atomic E-state index is 12.0. The van der Waals surface area contributed by atoms with Crippen LogP contribution in [-0.4, -0.2) is 25.2 Å². The second kappa shape index (κ2) is 21.1. The van der Waals surface area contributed by atoms with E-state index >= 15 is 0 Å². The molecule has 35 heavy (non-hydrogen) atoms. The minimum atomic E-state index is -0.0374. The van der Waals surface area contributed by atoms with Crippen molar-refractivity contribution in [3.63, 3.8) is 0 Å². The molecule has 0 N–H and O–H groups in total. The molecule has 4 nitrogen and oxygen atoms in total. The van der Waals surface area contributed by atoms with Gasteiger partial charge in [0.15, 0.2) is 0 Å². The van der Waals surface area contributed by atoms with Gasteiger partial charge in [0.05, 0.1) is 13.2 Å². The van der Waals surface area contributed by atoms with Gasteiger partial charge >= 0.3 is 11.9 Å². The van der Waals surface area contributed by atoms with E-state index in [9.17, 15) is 9.59 Å². The SMILES string of the molecule is CC(C)CCCCCCCCCCOC(=O)CCCCCCCCC(=O)OCC1(C)CCCCC1. The van der Waals surface area contributed by atoms with Crippen molar-refractivity contribution in [2.24, 2.45) is 11.3 Å². The van der Waals surface area contributed by atoms with Crippen LogP contribution in [0.15, 0.2) is 0 Å². The number of esters is 2. The van der Waals surface area contributed by atoms with Gasteiger partial charge in [-0.2, -0.15) is 0 Å². The van der Waals surface area contributed by atoms with Gasteiger partial charge in [0.2, 0.25) is 0 Å². The first-order valence-corrected chi connectivity index (χ1v) is 15.2. The van der Waals surface area contributed by atoms with Crippen LogP contribution in [0.1, 0.15) is 162 Å². The molecule has 4 heteroatoms. The maximum Gasteiger partial charge on any atom is 0.305 e. The molecule has 1 aliphatic rings. The van der Waals surface area contributed by atoms with Crippen LogP contribution in [0, 0.1) is 11.3 Å². The Bertz CT molecular complexity index is 522. The minimum absolute atomic E-state index is 0.0309. The Kier molecular flexibility index (Phi) is 19.2. The van der Waals surface area contributed by atoms with Crippen LogP contribution < -0.4 is 0 Å². The van der Waals surface area contributed by atoms with Gasteiger partial charge < -0.3 is 9.47 Å². The van der Waals surface area contributed by atoms with Gasteiger partial charge in [0, 0.05) is 18.3 Å². The first kappa shape index (κ1) is 32.0. The number of carbonyl (C=O) groups is 2. The molecule has 1 fully saturated rings. The minimum Gasteiger partial charge on any atom is -0.466 e. The van der Waals surface area contributed by atoms with Gasteiger partial charge in [-0.1, -0.05) is 117 Å². The molecular weight excluding hydrogens is 436 g/mol. The fraction of sp³-hybridized carbons (Fsp3) is 0.935. The quantitative estimate of drug-likeness (QED) is 0.111. The summed E-state index contributed by atoms with van der Waals surface area (Å²) in [5, 5.41) is 0. The van der Waals surface area contributed by atoms with Gasteiger partial charge in [-0.25, -0.2) is 0 Å². The highest BCUT2D eigenvalue weighted by Crippen LogP contribution is 2.35. The third-order valence-electron chi connectivity index (χ3n) is 7.59. The molecule has 0 atom stereocenters. The normalized spacial score (nSPS) is 15.3. The summed E-state index contributed by atoms with van der Waals surface area (Å²) in [6, 6.07) is 0. The molecule has 1 aliphatic carbocycles. The van der Waals surface area contributed by atoms with E-state index in [2.05, 4.69) is 20.8 Å². The van der Waals surface area contributed by atoms with Crippen molar-refractivity contribution in [2.45, 2.75) is 162 Å². The van der Waals surface area contributed by atoms with Crippen LogP contribution >= 0.6 is 0 Å². The summed E-state index contributed by atoms with van der Waals surface area (Å²) in [6.45, 7) is 8.04. The lowest BCUT2D eigenvalue weighted by Gasteiger charge is -2.32. The van der Waals surface area contributed by atoms with E-state index < -0.39 is 0 Å². The summed E-state index contributed by atoms with van der Waals surface area (Å²) >= 11 is 0. The van der Waals surface area contributed by atoms with Crippen LogP contribution in [0.2, 0.25) is 0 Å². The average molecular weight is 495 g/mol. The van der Waals surface area contributed by atoms with E-state index in [0.717, 1.165) is 50.9 Å². The van der Waals surface area contributed by atoms with Crippen LogP contribution in [0.5, 0.6) is 0 Å². The van der Waals surface area contributed by atoms with E-state index in [1.807, 2.05) is 0 Å². The van der Waals surface area contributed by atoms with Crippen molar-refractivity contribution in [2.75, 3.05) is 13.2 Å². The topological polar surface area (TPSA) is 52.6 Å². The first-order chi connectivity index (χ1) is 16.9. The predicted octanol–water partition coefficient (Wildman–Crippen LogP) is 9.33. The van der Waals surface area contributed by atoms with E-state index in [-0.39, 0.29) is 17.4 Å². The lowest BCUT2D eigenvalue weighted by molar-refractivity contribution is -0.148.